The summed E-state index contributed by atoms with van der Waals surface area (Å²) in [6.45, 7) is 6.19. The molecule has 3 rings (SSSR count). The average Bonchev–Trinajstić information content (AvgIpc) is 3.26. The van der Waals surface area contributed by atoms with Gasteiger partial charge in [-0.25, -0.2) is 17.9 Å². The van der Waals surface area contributed by atoms with Crippen LogP contribution in [-0.2, 0) is 14.8 Å². The highest BCUT2D eigenvalue weighted by molar-refractivity contribution is 7.91. The molecule has 0 unspecified atom stereocenters. The number of benzene rings is 2. The van der Waals surface area contributed by atoms with Crippen LogP contribution in [0.2, 0.25) is 0 Å². The molecule has 0 saturated carbocycles. The smallest absolute Gasteiger partial charge is 0.358 e. The van der Waals surface area contributed by atoms with Crippen molar-refractivity contribution in [1.82, 2.24) is 19.8 Å². The van der Waals surface area contributed by atoms with E-state index in [9.17, 15) is 13.2 Å². The van der Waals surface area contributed by atoms with Crippen LogP contribution in [0.4, 0.5) is 0 Å². The van der Waals surface area contributed by atoms with Crippen LogP contribution in [0.5, 0.6) is 0 Å². The highest BCUT2D eigenvalue weighted by atomic mass is 32.2. The minimum Gasteiger partial charge on any atom is -0.461 e. The van der Waals surface area contributed by atoms with Gasteiger partial charge >= 0.3 is 5.97 Å². The number of nitrogens with one attached hydrogen (secondary N) is 2. The first-order chi connectivity index (χ1) is 16.2. The molecule has 3 aromatic rings. The maximum absolute atomic E-state index is 12.6. The number of thiocarbonyl (C=S) groups is 1. The van der Waals surface area contributed by atoms with Crippen molar-refractivity contribution in [3.05, 3.63) is 77.6 Å². The molecule has 1 aromatic heterocycles. The van der Waals surface area contributed by atoms with Crippen molar-refractivity contribution in [1.29, 1.82) is 0 Å². The predicted molar refractivity (Wildman–Crippen MR) is 136 cm³/mol. The fraction of sp³-hybridized carbons (Fsp3) is 0.208. The standard InChI is InChI=1S/C24H26N4O4S2/c1-4-25-24(33)27-34(30,31)20-13-11-19(12-14-20)28-22(16-21(26-28)23(29)32-5-2)17(3)15-18-9-7-6-8-10-18/h6-16H,4-5H2,1-3H3,(H2,25,27,33)/b17-15+. The lowest BCUT2D eigenvalue weighted by molar-refractivity contribution is 0.0519. The molecule has 0 aliphatic carbocycles. The van der Waals surface area contributed by atoms with Gasteiger partial charge in [0.1, 0.15) is 0 Å². The molecule has 10 heteroatoms. The first kappa shape index (κ1) is 25.1. The molecule has 0 aliphatic heterocycles. The summed E-state index contributed by atoms with van der Waals surface area (Å²) >= 11 is 4.99. The summed E-state index contributed by atoms with van der Waals surface area (Å²) < 4.78 is 34.2. The van der Waals surface area contributed by atoms with Crippen molar-refractivity contribution in [3.63, 3.8) is 0 Å². The topological polar surface area (TPSA) is 102 Å². The molecule has 0 fully saturated rings. The largest absolute Gasteiger partial charge is 0.461 e. The maximum atomic E-state index is 12.6. The number of allylic oxidation sites excluding steroid dienone is 1. The van der Waals surface area contributed by atoms with Crippen molar-refractivity contribution >= 4 is 45.0 Å². The van der Waals surface area contributed by atoms with E-state index in [-0.39, 0.29) is 22.3 Å². The molecular formula is C24H26N4O4S2. The van der Waals surface area contributed by atoms with E-state index in [0.29, 0.717) is 17.9 Å². The molecule has 0 radical (unpaired) electrons. The van der Waals surface area contributed by atoms with Gasteiger partial charge in [0.2, 0.25) is 0 Å². The Morgan fingerprint density at radius 3 is 2.41 bits per heavy atom. The highest BCUT2D eigenvalue weighted by Crippen LogP contribution is 2.24. The quantitative estimate of drug-likeness (QED) is 0.360. The molecule has 178 valence electrons. The van der Waals surface area contributed by atoms with E-state index >= 15 is 0 Å². The third-order valence-electron chi connectivity index (χ3n) is 4.74. The Morgan fingerprint density at radius 2 is 1.79 bits per heavy atom. The van der Waals surface area contributed by atoms with E-state index in [0.717, 1.165) is 11.1 Å². The van der Waals surface area contributed by atoms with Crippen LogP contribution in [-0.4, -0.2) is 42.4 Å². The third kappa shape index (κ3) is 6.09. The van der Waals surface area contributed by atoms with E-state index < -0.39 is 16.0 Å². The van der Waals surface area contributed by atoms with Crippen molar-refractivity contribution in [2.75, 3.05) is 13.2 Å². The van der Waals surface area contributed by atoms with Crippen LogP contribution >= 0.6 is 12.2 Å². The monoisotopic (exact) mass is 498 g/mol. The van der Waals surface area contributed by atoms with E-state index in [1.165, 1.54) is 12.1 Å². The van der Waals surface area contributed by atoms with Crippen molar-refractivity contribution < 1.29 is 17.9 Å². The molecule has 0 amide bonds. The van der Waals surface area contributed by atoms with Gasteiger partial charge in [-0.1, -0.05) is 30.3 Å². The molecule has 2 aromatic carbocycles. The summed E-state index contributed by atoms with van der Waals surface area (Å²) in [5.41, 5.74) is 3.28. The number of aromatic nitrogens is 2. The molecule has 34 heavy (non-hydrogen) atoms. The number of ether oxygens (including phenoxy) is 1. The second-order valence-electron chi connectivity index (χ2n) is 7.24. The summed E-state index contributed by atoms with van der Waals surface area (Å²) in [6, 6.07) is 17.6. The van der Waals surface area contributed by atoms with Gasteiger partial charge in [0.05, 0.1) is 22.9 Å². The van der Waals surface area contributed by atoms with E-state index in [1.54, 1.807) is 29.8 Å². The Hall–Kier alpha value is -3.50. The fourth-order valence-corrected chi connectivity index (χ4v) is 4.58. The van der Waals surface area contributed by atoms with Gasteiger partial charge < -0.3 is 10.1 Å². The summed E-state index contributed by atoms with van der Waals surface area (Å²) in [5, 5.41) is 7.21. The Labute approximate surface area is 204 Å². The number of esters is 1. The number of hydrogen-bond acceptors (Lipinski definition) is 6. The van der Waals surface area contributed by atoms with E-state index in [2.05, 4.69) is 15.1 Å². The second kappa shape index (κ2) is 11.1. The number of carbonyl (C=O) groups excluding carboxylic acids is 1. The zero-order chi connectivity index (χ0) is 24.7. The van der Waals surface area contributed by atoms with Gasteiger partial charge in [-0.3, -0.25) is 4.72 Å². The van der Waals surface area contributed by atoms with Gasteiger partial charge in [0, 0.05) is 6.54 Å². The first-order valence-corrected chi connectivity index (χ1v) is 12.6. The van der Waals surface area contributed by atoms with Crippen LogP contribution in [0.25, 0.3) is 17.3 Å². The molecule has 1 heterocycles. The van der Waals surface area contributed by atoms with Crippen LogP contribution in [0.3, 0.4) is 0 Å². The third-order valence-corrected chi connectivity index (χ3v) is 6.48. The summed E-state index contributed by atoms with van der Waals surface area (Å²) in [7, 11) is -3.83. The normalized spacial score (nSPS) is 11.7. The van der Waals surface area contributed by atoms with Crippen LogP contribution in [0.15, 0.2) is 65.6 Å². The van der Waals surface area contributed by atoms with Gasteiger partial charge in [-0.15, -0.1) is 0 Å². The number of sulfonamides is 1. The summed E-state index contributed by atoms with van der Waals surface area (Å²) in [6.07, 6.45) is 1.98. The Balaban J connectivity index is 2.00. The Morgan fingerprint density at radius 1 is 1.12 bits per heavy atom. The molecular weight excluding hydrogens is 472 g/mol. The van der Waals surface area contributed by atoms with Gasteiger partial charge in [-0.05, 0) is 80.5 Å². The number of nitrogens with zero attached hydrogens (tertiary/aromatic N) is 2. The molecule has 0 spiro atoms. The molecule has 0 atom stereocenters. The van der Waals surface area contributed by atoms with Crippen LogP contribution in [0, 0.1) is 0 Å². The zero-order valence-electron chi connectivity index (χ0n) is 19.1. The summed E-state index contributed by atoms with van der Waals surface area (Å²) in [5.74, 6) is -0.532. The van der Waals surface area contributed by atoms with Crippen molar-refractivity contribution in [2.24, 2.45) is 0 Å². The molecule has 0 bridgehead atoms. The van der Waals surface area contributed by atoms with Crippen LogP contribution in [0.1, 0.15) is 42.5 Å². The number of hydrogen-bond donors (Lipinski definition) is 2. The van der Waals surface area contributed by atoms with Crippen molar-refractivity contribution in [3.8, 4) is 5.69 Å². The lowest BCUT2D eigenvalue weighted by Gasteiger charge is -2.11. The molecule has 8 nitrogen and oxygen atoms in total. The highest BCUT2D eigenvalue weighted by Gasteiger charge is 2.19. The van der Waals surface area contributed by atoms with Crippen molar-refractivity contribution in [2.45, 2.75) is 25.7 Å². The minimum absolute atomic E-state index is 0.0293. The van der Waals surface area contributed by atoms with Crippen LogP contribution < -0.4 is 10.0 Å². The van der Waals surface area contributed by atoms with Gasteiger partial charge in [0.15, 0.2) is 10.8 Å². The SMILES string of the molecule is CCNC(=S)NS(=O)(=O)c1ccc(-n2nc(C(=O)OCC)cc2/C(C)=C/c2ccccc2)cc1. The second-order valence-corrected chi connectivity index (χ2v) is 9.33. The van der Waals surface area contributed by atoms with Gasteiger partial charge in [-0.2, -0.15) is 5.10 Å². The Kier molecular flexibility index (Phi) is 8.19. The lowest BCUT2D eigenvalue weighted by atomic mass is 10.1. The van der Waals surface area contributed by atoms with E-state index in [1.807, 2.05) is 50.3 Å². The zero-order valence-corrected chi connectivity index (χ0v) is 20.7. The fourth-order valence-electron chi connectivity index (χ4n) is 3.18. The first-order valence-electron chi connectivity index (χ1n) is 10.7. The molecule has 0 saturated heterocycles. The Bertz CT molecular complexity index is 1300. The molecule has 0 aliphatic rings. The van der Waals surface area contributed by atoms with E-state index in [4.69, 9.17) is 17.0 Å². The number of rotatable bonds is 8. The van der Waals surface area contributed by atoms with Gasteiger partial charge in [0.25, 0.3) is 10.0 Å². The average molecular weight is 499 g/mol. The maximum Gasteiger partial charge on any atom is 0.358 e. The molecule has 2 N–H and O–H groups in total. The predicted octanol–water partition coefficient (Wildman–Crippen LogP) is 3.78. The minimum atomic E-state index is -3.83. The number of carbonyl (C=O) groups is 1. The summed E-state index contributed by atoms with van der Waals surface area (Å²) in [4.78, 5) is 12.4. The lowest BCUT2D eigenvalue weighted by Crippen LogP contribution is -2.38.